The Morgan fingerprint density at radius 2 is 2.10 bits per heavy atom. The summed E-state index contributed by atoms with van der Waals surface area (Å²) in [5.74, 6) is 0.880. The molecule has 5 nitrogen and oxygen atoms in total. The molecule has 0 unspecified atom stereocenters. The zero-order chi connectivity index (χ0) is 14.4. The number of hydrogen-bond acceptors (Lipinski definition) is 4. The van der Waals surface area contributed by atoms with Crippen LogP contribution in [-0.4, -0.2) is 26.1 Å². The molecule has 7 heteroatoms. The Bertz CT molecular complexity index is 826. The zero-order valence-electron chi connectivity index (χ0n) is 11.0. The third-order valence-corrected chi connectivity index (χ3v) is 4.34. The van der Waals surface area contributed by atoms with Crippen LogP contribution in [0.3, 0.4) is 0 Å². The van der Waals surface area contributed by atoms with Gasteiger partial charge in [0.2, 0.25) is 5.28 Å². The summed E-state index contributed by atoms with van der Waals surface area (Å²) in [6.45, 7) is 2.55. The van der Waals surface area contributed by atoms with Crippen LogP contribution in [0.1, 0.15) is 5.69 Å². The molecule has 3 heterocycles. The summed E-state index contributed by atoms with van der Waals surface area (Å²) in [6, 6.07) is 5.98. The van der Waals surface area contributed by atoms with Gasteiger partial charge in [0.25, 0.3) is 0 Å². The van der Waals surface area contributed by atoms with Crippen LogP contribution < -0.4 is 4.90 Å². The van der Waals surface area contributed by atoms with E-state index in [2.05, 4.69) is 40.3 Å². The van der Waals surface area contributed by atoms with Gasteiger partial charge in [-0.05, 0) is 29.8 Å². The molecule has 0 saturated heterocycles. The Labute approximate surface area is 134 Å². The Morgan fingerprint density at radius 1 is 1.19 bits per heavy atom. The number of imidazole rings is 1. The normalized spacial score (nSPS) is 14.5. The second-order valence-electron chi connectivity index (χ2n) is 4.98. The lowest BCUT2D eigenvalue weighted by Crippen LogP contribution is -2.33. The van der Waals surface area contributed by atoms with Crippen molar-refractivity contribution >= 4 is 44.3 Å². The Balaban J connectivity index is 1.83. The first-order chi connectivity index (χ1) is 10.2. The average molecular weight is 365 g/mol. The van der Waals surface area contributed by atoms with Crippen molar-refractivity contribution in [1.82, 2.24) is 19.5 Å². The van der Waals surface area contributed by atoms with Crippen molar-refractivity contribution in [2.45, 2.75) is 13.1 Å². The van der Waals surface area contributed by atoms with E-state index in [0.29, 0.717) is 0 Å². The molecule has 0 amide bonds. The van der Waals surface area contributed by atoms with Crippen molar-refractivity contribution in [1.29, 1.82) is 0 Å². The van der Waals surface area contributed by atoms with E-state index >= 15 is 0 Å². The van der Waals surface area contributed by atoms with Gasteiger partial charge in [0, 0.05) is 29.1 Å². The summed E-state index contributed by atoms with van der Waals surface area (Å²) >= 11 is 9.56. The molecular weight excluding hydrogens is 354 g/mol. The van der Waals surface area contributed by atoms with E-state index in [0.717, 1.165) is 40.8 Å². The van der Waals surface area contributed by atoms with Crippen LogP contribution in [0.4, 0.5) is 5.82 Å². The van der Waals surface area contributed by atoms with E-state index in [9.17, 15) is 0 Å². The van der Waals surface area contributed by atoms with Crippen molar-refractivity contribution in [2.24, 2.45) is 0 Å². The molecule has 21 heavy (non-hydrogen) atoms. The number of fused-ring (bicyclic) bond motifs is 2. The van der Waals surface area contributed by atoms with Crippen LogP contribution >= 0.6 is 27.5 Å². The van der Waals surface area contributed by atoms with Crippen LogP contribution in [0, 0.1) is 0 Å². The van der Waals surface area contributed by atoms with E-state index in [1.54, 1.807) is 0 Å². The molecule has 0 bridgehead atoms. The molecule has 1 aromatic carbocycles. The third-order valence-electron chi connectivity index (χ3n) is 3.67. The molecule has 0 saturated carbocycles. The van der Waals surface area contributed by atoms with Gasteiger partial charge >= 0.3 is 0 Å². The molecule has 1 aliphatic heterocycles. The van der Waals surface area contributed by atoms with Crippen molar-refractivity contribution in [2.75, 3.05) is 11.4 Å². The second kappa shape index (κ2) is 4.96. The summed E-state index contributed by atoms with van der Waals surface area (Å²) in [7, 11) is 0. The molecule has 4 rings (SSSR count). The van der Waals surface area contributed by atoms with Crippen LogP contribution in [0.5, 0.6) is 0 Å². The topological polar surface area (TPSA) is 46.8 Å². The van der Waals surface area contributed by atoms with E-state index in [1.165, 1.54) is 5.69 Å². The smallest absolute Gasteiger partial charge is 0.224 e. The summed E-state index contributed by atoms with van der Waals surface area (Å²) in [5, 5.41) is 1.28. The molecule has 0 atom stereocenters. The first kappa shape index (κ1) is 13.0. The molecule has 2 aromatic heterocycles. The number of hydrogen-bond donors (Lipinski definition) is 0. The molecular formula is C14H11BrClN5. The maximum absolute atomic E-state index is 6.09. The van der Waals surface area contributed by atoms with Gasteiger partial charge in [-0.1, -0.05) is 15.9 Å². The van der Waals surface area contributed by atoms with Gasteiger partial charge in [-0.25, -0.2) is 9.97 Å². The summed E-state index contributed by atoms with van der Waals surface area (Å²) in [4.78, 5) is 15.2. The highest BCUT2D eigenvalue weighted by atomic mass is 79.9. The number of anilines is 1. The Kier molecular flexibility index (Phi) is 3.08. The fraction of sp³-hybridized carbons (Fsp3) is 0.214. The van der Waals surface area contributed by atoms with Crippen molar-refractivity contribution in [3.63, 3.8) is 0 Å². The number of aromatic nitrogens is 4. The largest absolute Gasteiger partial charge is 0.348 e. The minimum absolute atomic E-state index is 0.273. The fourth-order valence-electron chi connectivity index (χ4n) is 2.66. The quantitative estimate of drug-likeness (QED) is 0.622. The molecule has 106 valence electrons. The Hall–Kier alpha value is -1.66. The van der Waals surface area contributed by atoms with Crippen LogP contribution in [-0.2, 0) is 13.1 Å². The number of rotatable bonds is 1. The molecule has 0 radical (unpaired) electrons. The van der Waals surface area contributed by atoms with Gasteiger partial charge in [-0.15, -0.1) is 0 Å². The first-order valence-electron chi connectivity index (χ1n) is 6.57. The molecule has 0 spiro atoms. The molecule has 0 fully saturated rings. The SMILES string of the molecule is Clc1nc(N2CCn3cncc3C2)c2ccc(Br)cc2n1. The van der Waals surface area contributed by atoms with Gasteiger partial charge in [-0.3, -0.25) is 0 Å². The number of benzene rings is 1. The van der Waals surface area contributed by atoms with E-state index < -0.39 is 0 Å². The fourth-order valence-corrected chi connectivity index (χ4v) is 3.18. The van der Waals surface area contributed by atoms with Crippen LogP contribution in [0.2, 0.25) is 5.28 Å². The van der Waals surface area contributed by atoms with E-state index in [-0.39, 0.29) is 5.28 Å². The standard InChI is InChI=1S/C14H11BrClN5/c15-9-1-2-11-12(5-9)18-14(16)19-13(11)20-3-4-21-8-17-6-10(21)7-20/h1-2,5-6,8H,3-4,7H2. The van der Waals surface area contributed by atoms with Gasteiger partial charge in [-0.2, -0.15) is 4.98 Å². The van der Waals surface area contributed by atoms with Gasteiger partial charge < -0.3 is 9.47 Å². The summed E-state index contributed by atoms with van der Waals surface area (Å²) in [6.07, 6.45) is 3.77. The van der Waals surface area contributed by atoms with Crippen LogP contribution in [0.25, 0.3) is 10.9 Å². The van der Waals surface area contributed by atoms with Crippen molar-refractivity contribution < 1.29 is 0 Å². The Morgan fingerprint density at radius 3 is 3.00 bits per heavy atom. The minimum Gasteiger partial charge on any atom is -0.348 e. The minimum atomic E-state index is 0.273. The van der Waals surface area contributed by atoms with Gasteiger partial charge in [0.05, 0.1) is 24.1 Å². The lowest BCUT2D eigenvalue weighted by atomic mass is 10.2. The lowest BCUT2D eigenvalue weighted by Gasteiger charge is -2.29. The highest BCUT2D eigenvalue weighted by Crippen LogP contribution is 2.29. The predicted molar refractivity (Wildman–Crippen MR) is 85.5 cm³/mol. The van der Waals surface area contributed by atoms with Gasteiger partial charge in [0.15, 0.2) is 0 Å². The second-order valence-corrected chi connectivity index (χ2v) is 6.23. The van der Waals surface area contributed by atoms with Gasteiger partial charge in [0.1, 0.15) is 5.82 Å². The third kappa shape index (κ3) is 2.28. The van der Waals surface area contributed by atoms with E-state index in [4.69, 9.17) is 11.6 Å². The molecule has 0 aliphatic carbocycles. The first-order valence-corrected chi connectivity index (χ1v) is 7.74. The zero-order valence-corrected chi connectivity index (χ0v) is 13.3. The van der Waals surface area contributed by atoms with Crippen LogP contribution in [0.15, 0.2) is 35.2 Å². The number of halogens is 2. The highest BCUT2D eigenvalue weighted by Gasteiger charge is 2.20. The molecule has 0 N–H and O–H groups in total. The molecule has 1 aliphatic rings. The maximum Gasteiger partial charge on any atom is 0.224 e. The highest BCUT2D eigenvalue weighted by molar-refractivity contribution is 9.10. The maximum atomic E-state index is 6.09. The number of nitrogens with zero attached hydrogens (tertiary/aromatic N) is 5. The molecule has 3 aromatic rings. The van der Waals surface area contributed by atoms with Crippen molar-refractivity contribution in [3.8, 4) is 0 Å². The summed E-state index contributed by atoms with van der Waals surface area (Å²) in [5.41, 5.74) is 2.03. The average Bonchev–Trinajstić information content (AvgIpc) is 2.93. The monoisotopic (exact) mass is 363 g/mol. The summed E-state index contributed by atoms with van der Waals surface area (Å²) < 4.78 is 3.14. The predicted octanol–water partition coefficient (Wildman–Crippen LogP) is 3.26. The lowest BCUT2D eigenvalue weighted by molar-refractivity contribution is 0.568. The van der Waals surface area contributed by atoms with E-state index in [1.807, 2.05) is 30.7 Å². The van der Waals surface area contributed by atoms with Crippen molar-refractivity contribution in [3.05, 3.63) is 46.2 Å².